The molecule has 0 aliphatic carbocycles. The first-order valence-electron chi connectivity index (χ1n) is 3.05. The predicted molar refractivity (Wildman–Crippen MR) is 38.8 cm³/mol. The standard InChI is InChI=1S/C8H9O2/c1-2-6-3-4-7(9)5-8(6)10/h2-5,9-10H,1H3. The zero-order valence-electron chi connectivity index (χ0n) is 5.70. The van der Waals surface area contributed by atoms with Crippen molar-refractivity contribution in [2.45, 2.75) is 6.92 Å². The summed E-state index contributed by atoms with van der Waals surface area (Å²) in [5.74, 6) is 0.200. The first-order chi connectivity index (χ1) is 4.74. The monoisotopic (exact) mass is 137 g/mol. The van der Waals surface area contributed by atoms with E-state index in [1.807, 2.05) is 6.92 Å². The third-order valence-corrected chi connectivity index (χ3v) is 1.33. The highest BCUT2D eigenvalue weighted by atomic mass is 16.3. The maximum Gasteiger partial charge on any atom is 0.122 e. The van der Waals surface area contributed by atoms with Crippen LogP contribution in [0.5, 0.6) is 11.5 Å². The lowest BCUT2D eigenvalue weighted by Gasteiger charge is -1.99. The fraction of sp³-hybridized carbons (Fsp3) is 0.125. The van der Waals surface area contributed by atoms with Crippen molar-refractivity contribution in [3.63, 3.8) is 0 Å². The van der Waals surface area contributed by atoms with Gasteiger partial charge in [0.05, 0.1) is 0 Å². The Morgan fingerprint density at radius 3 is 2.50 bits per heavy atom. The van der Waals surface area contributed by atoms with Gasteiger partial charge in [0.2, 0.25) is 0 Å². The van der Waals surface area contributed by atoms with Crippen LogP contribution < -0.4 is 0 Å². The molecule has 0 aliphatic rings. The first-order valence-corrected chi connectivity index (χ1v) is 3.05. The van der Waals surface area contributed by atoms with Gasteiger partial charge in [0, 0.05) is 6.07 Å². The highest BCUT2D eigenvalue weighted by molar-refractivity contribution is 5.42. The summed E-state index contributed by atoms with van der Waals surface area (Å²) in [4.78, 5) is 0. The zero-order chi connectivity index (χ0) is 7.56. The lowest BCUT2D eigenvalue weighted by atomic mass is 10.1. The van der Waals surface area contributed by atoms with E-state index in [9.17, 15) is 0 Å². The topological polar surface area (TPSA) is 40.5 Å². The molecule has 1 radical (unpaired) electrons. The van der Waals surface area contributed by atoms with Gasteiger partial charge in [-0.2, -0.15) is 0 Å². The molecule has 1 aromatic carbocycles. The second-order valence-corrected chi connectivity index (χ2v) is 2.03. The lowest BCUT2D eigenvalue weighted by molar-refractivity contribution is 0.448. The van der Waals surface area contributed by atoms with Gasteiger partial charge in [-0.1, -0.05) is 13.0 Å². The second-order valence-electron chi connectivity index (χ2n) is 2.03. The van der Waals surface area contributed by atoms with Crippen LogP contribution in [0.4, 0.5) is 0 Å². The minimum absolute atomic E-state index is 0.0862. The van der Waals surface area contributed by atoms with E-state index >= 15 is 0 Å². The number of hydrogen-bond acceptors (Lipinski definition) is 2. The van der Waals surface area contributed by atoms with Gasteiger partial charge in [0.25, 0.3) is 0 Å². The summed E-state index contributed by atoms with van der Waals surface area (Å²) in [7, 11) is 0. The van der Waals surface area contributed by atoms with E-state index in [2.05, 4.69) is 0 Å². The summed E-state index contributed by atoms with van der Waals surface area (Å²) in [5, 5.41) is 18.0. The van der Waals surface area contributed by atoms with Crippen molar-refractivity contribution in [1.82, 2.24) is 0 Å². The Balaban J connectivity index is 3.07. The number of phenolic OH excluding ortho intramolecular Hbond substituents is 2. The van der Waals surface area contributed by atoms with E-state index in [4.69, 9.17) is 10.2 Å². The average molecular weight is 137 g/mol. The molecule has 0 spiro atoms. The van der Waals surface area contributed by atoms with Gasteiger partial charge < -0.3 is 10.2 Å². The van der Waals surface area contributed by atoms with Crippen molar-refractivity contribution >= 4 is 0 Å². The van der Waals surface area contributed by atoms with Crippen molar-refractivity contribution < 1.29 is 10.2 Å². The van der Waals surface area contributed by atoms with Crippen molar-refractivity contribution in [2.75, 3.05) is 0 Å². The molecule has 1 aromatic rings. The summed E-state index contributed by atoms with van der Waals surface area (Å²) >= 11 is 0. The van der Waals surface area contributed by atoms with Gasteiger partial charge in [-0.15, -0.1) is 0 Å². The van der Waals surface area contributed by atoms with Crippen LogP contribution in [0.15, 0.2) is 18.2 Å². The van der Waals surface area contributed by atoms with Crippen LogP contribution in [0.25, 0.3) is 0 Å². The Hall–Kier alpha value is -1.18. The van der Waals surface area contributed by atoms with Crippen LogP contribution in [-0.2, 0) is 0 Å². The summed E-state index contributed by atoms with van der Waals surface area (Å²) in [5.41, 5.74) is 0.734. The number of benzene rings is 1. The molecule has 0 heterocycles. The molecule has 0 amide bonds. The minimum atomic E-state index is 0.0862. The van der Waals surface area contributed by atoms with Crippen molar-refractivity contribution in [3.8, 4) is 11.5 Å². The number of phenols is 2. The Bertz CT molecular complexity index is 231. The van der Waals surface area contributed by atoms with Crippen molar-refractivity contribution in [2.24, 2.45) is 0 Å². The summed E-state index contributed by atoms with van der Waals surface area (Å²) in [6.45, 7) is 1.83. The van der Waals surface area contributed by atoms with Gasteiger partial charge in [0.15, 0.2) is 0 Å². The molecular formula is C8H9O2. The Labute approximate surface area is 59.7 Å². The molecule has 2 heteroatoms. The van der Waals surface area contributed by atoms with Crippen LogP contribution >= 0.6 is 0 Å². The van der Waals surface area contributed by atoms with E-state index in [1.165, 1.54) is 12.1 Å². The smallest absolute Gasteiger partial charge is 0.122 e. The van der Waals surface area contributed by atoms with E-state index in [0.717, 1.165) is 5.56 Å². The summed E-state index contributed by atoms with van der Waals surface area (Å²) in [6, 6.07) is 4.51. The van der Waals surface area contributed by atoms with Crippen molar-refractivity contribution in [3.05, 3.63) is 30.2 Å². The molecule has 53 valence electrons. The van der Waals surface area contributed by atoms with Gasteiger partial charge in [-0.25, -0.2) is 0 Å². The maximum atomic E-state index is 9.10. The molecule has 0 atom stereocenters. The quantitative estimate of drug-likeness (QED) is 0.618. The predicted octanol–water partition coefficient (Wildman–Crippen LogP) is 1.67. The SMILES string of the molecule is C[CH]c1ccc(O)cc1O. The minimum Gasteiger partial charge on any atom is -0.508 e. The number of aromatic hydroxyl groups is 2. The van der Waals surface area contributed by atoms with Gasteiger partial charge in [-0.05, 0) is 18.1 Å². The van der Waals surface area contributed by atoms with E-state index in [0.29, 0.717) is 0 Å². The molecule has 10 heavy (non-hydrogen) atoms. The normalized spacial score (nSPS) is 9.70. The first kappa shape index (κ1) is 6.93. The van der Waals surface area contributed by atoms with E-state index < -0.39 is 0 Å². The molecule has 0 bridgehead atoms. The van der Waals surface area contributed by atoms with E-state index in [1.54, 1.807) is 12.5 Å². The Kier molecular flexibility index (Phi) is 1.81. The zero-order valence-corrected chi connectivity index (χ0v) is 5.70. The van der Waals surface area contributed by atoms with Crippen LogP contribution in [0.1, 0.15) is 12.5 Å². The average Bonchev–Trinajstić information content (AvgIpc) is 1.88. The van der Waals surface area contributed by atoms with Crippen molar-refractivity contribution in [1.29, 1.82) is 0 Å². The highest BCUT2D eigenvalue weighted by Crippen LogP contribution is 2.23. The third-order valence-electron chi connectivity index (χ3n) is 1.33. The number of hydrogen-bond donors (Lipinski definition) is 2. The molecule has 0 saturated carbocycles. The van der Waals surface area contributed by atoms with Crippen LogP contribution in [-0.4, -0.2) is 10.2 Å². The largest absolute Gasteiger partial charge is 0.508 e. The second kappa shape index (κ2) is 2.60. The molecule has 0 unspecified atom stereocenters. The Morgan fingerprint density at radius 2 is 2.00 bits per heavy atom. The molecule has 2 N–H and O–H groups in total. The molecule has 1 rings (SSSR count). The van der Waals surface area contributed by atoms with Gasteiger partial charge >= 0.3 is 0 Å². The molecule has 0 aliphatic heterocycles. The summed E-state index contributed by atoms with van der Waals surface area (Å²) < 4.78 is 0. The summed E-state index contributed by atoms with van der Waals surface area (Å²) in [6.07, 6.45) is 1.77. The van der Waals surface area contributed by atoms with Gasteiger partial charge in [0.1, 0.15) is 11.5 Å². The van der Waals surface area contributed by atoms with Crippen LogP contribution in [0, 0.1) is 6.42 Å². The lowest BCUT2D eigenvalue weighted by Crippen LogP contribution is -1.77. The fourth-order valence-corrected chi connectivity index (χ4v) is 0.776. The van der Waals surface area contributed by atoms with E-state index in [-0.39, 0.29) is 11.5 Å². The molecule has 0 fully saturated rings. The maximum absolute atomic E-state index is 9.10. The fourth-order valence-electron chi connectivity index (χ4n) is 0.776. The third kappa shape index (κ3) is 1.21. The number of rotatable bonds is 1. The van der Waals surface area contributed by atoms with Crippen LogP contribution in [0.3, 0.4) is 0 Å². The molecule has 0 saturated heterocycles. The van der Waals surface area contributed by atoms with Crippen LogP contribution in [0.2, 0.25) is 0 Å². The Morgan fingerprint density at radius 1 is 1.30 bits per heavy atom. The highest BCUT2D eigenvalue weighted by Gasteiger charge is 1.97. The molecule has 0 aromatic heterocycles. The van der Waals surface area contributed by atoms with Gasteiger partial charge in [-0.3, -0.25) is 0 Å². The molecular weight excluding hydrogens is 128 g/mol. The molecule has 2 nitrogen and oxygen atoms in total.